The number of aldehydes is 1. The quantitative estimate of drug-likeness (QED) is 0.203. The lowest BCUT2D eigenvalue weighted by Gasteiger charge is -2.21. The van der Waals surface area contributed by atoms with E-state index in [-0.39, 0.29) is 50.1 Å². The standard InChI is InChI=1S/C25H38N4O6/c1-18(2)24(25(35)26-16-22(33)27-20-12-10-19(17-31)11-13-20)28-21(32)8-5-4-6-14-29(3)23(34)9-7-15-30/h10-13,15,18,24,31H,4-9,14,16-17H2,1-3H3,(H,26,35)(H,27,33)(H,28,32). The largest absolute Gasteiger partial charge is 0.392 e. The second-order valence-corrected chi connectivity index (χ2v) is 8.74. The van der Waals surface area contributed by atoms with Crippen LogP contribution in [0.1, 0.15) is 57.9 Å². The molecule has 10 heteroatoms. The molecule has 0 aliphatic carbocycles. The fraction of sp³-hybridized carbons (Fsp3) is 0.560. The Hall–Kier alpha value is -3.27. The number of rotatable bonds is 16. The monoisotopic (exact) mass is 490 g/mol. The maximum Gasteiger partial charge on any atom is 0.243 e. The number of carbonyl (C=O) groups is 5. The second-order valence-electron chi connectivity index (χ2n) is 8.74. The van der Waals surface area contributed by atoms with E-state index in [1.165, 1.54) is 0 Å². The number of hydrogen-bond acceptors (Lipinski definition) is 6. The van der Waals surface area contributed by atoms with Gasteiger partial charge in [-0.1, -0.05) is 32.4 Å². The summed E-state index contributed by atoms with van der Waals surface area (Å²) in [5.74, 6) is -1.33. The molecule has 0 saturated carbocycles. The van der Waals surface area contributed by atoms with Crippen LogP contribution in [0.25, 0.3) is 0 Å². The molecule has 0 aliphatic heterocycles. The fourth-order valence-corrected chi connectivity index (χ4v) is 3.27. The average Bonchev–Trinajstić information content (AvgIpc) is 2.84. The predicted octanol–water partition coefficient (Wildman–Crippen LogP) is 1.37. The molecule has 0 fully saturated rings. The Kier molecular flexibility index (Phi) is 13.9. The Morgan fingerprint density at radius 2 is 1.69 bits per heavy atom. The smallest absolute Gasteiger partial charge is 0.243 e. The molecule has 194 valence electrons. The van der Waals surface area contributed by atoms with Gasteiger partial charge in [-0.2, -0.15) is 0 Å². The molecule has 4 N–H and O–H groups in total. The highest BCUT2D eigenvalue weighted by atomic mass is 16.3. The van der Waals surface area contributed by atoms with Crippen LogP contribution in [0.4, 0.5) is 5.69 Å². The number of aliphatic hydroxyl groups excluding tert-OH is 1. The lowest BCUT2D eigenvalue weighted by molar-refractivity contribution is -0.131. The van der Waals surface area contributed by atoms with Crippen LogP contribution in [0, 0.1) is 5.92 Å². The molecule has 1 aromatic carbocycles. The molecule has 0 bridgehead atoms. The van der Waals surface area contributed by atoms with Crippen molar-refractivity contribution in [1.29, 1.82) is 0 Å². The van der Waals surface area contributed by atoms with E-state index >= 15 is 0 Å². The van der Waals surface area contributed by atoms with Gasteiger partial charge < -0.3 is 30.8 Å². The van der Waals surface area contributed by atoms with E-state index in [2.05, 4.69) is 16.0 Å². The maximum atomic E-state index is 12.6. The topological polar surface area (TPSA) is 145 Å². The van der Waals surface area contributed by atoms with Gasteiger partial charge in [0.25, 0.3) is 0 Å². The maximum absolute atomic E-state index is 12.6. The normalized spacial score (nSPS) is 11.5. The Bertz CT molecular complexity index is 841. The molecule has 1 unspecified atom stereocenters. The van der Waals surface area contributed by atoms with Crippen LogP contribution in [-0.4, -0.2) is 66.1 Å². The molecule has 1 rings (SSSR count). The summed E-state index contributed by atoms with van der Waals surface area (Å²) in [5.41, 5.74) is 1.27. The summed E-state index contributed by atoms with van der Waals surface area (Å²) < 4.78 is 0. The van der Waals surface area contributed by atoms with Crippen molar-refractivity contribution in [3.05, 3.63) is 29.8 Å². The highest BCUT2D eigenvalue weighted by Crippen LogP contribution is 2.09. The average molecular weight is 491 g/mol. The minimum absolute atomic E-state index is 0.0751. The number of hydrogen-bond donors (Lipinski definition) is 4. The lowest BCUT2D eigenvalue weighted by atomic mass is 10.0. The van der Waals surface area contributed by atoms with E-state index in [1.54, 1.807) is 36.2 Å². The predicted molar refractivity (Wildman–Crippen MR) is 132 cm³/mol. The van der Waals surface area contributed by atoms with Crippen molar-refractivity contribution in [3.8, 4) is 0 Å². The molecule has 35 heavy (non-hydrogen) atoms. The summed E-state index contributed by atoms with van der Waals surface area (Å²) in [6, 6.07) is 5.93. The van der Waals surface area contributed by atoms with Crippen LogP contribution in [0.2, 0.25) is 0 Å². The molecule has 10 nitrogen and oxygen atoms in total. The first-order valence-corrected chi connectivity index (χ1v) is 11.9. The number of nitrogens with one attached hydrogen (secondary N) is 3. The highest BCUT2D eigenvalue weighted by Gasteiger charge is 2.24. The fourth-order valence-electron chi connectivity index (χ4n) is 3.27. The lowest BCUT2D eigenvalue weighted by Crippen LogP contribution is -2.51. The van der Waals surface area contributed by atoms with Crippen LogP contribution in [0.5, 0.6) is 0 Å². The number of nitrogens with zero attached hydrogens (tertiary/aromatic N) is 1. The third-order valence-corrected chi connectivity index (χ3v) is 5.41. The summed E-state index contributed by atoms with van der Waals surface area (Å²) in [7, 11) is 1.69. The summed E-state index contributed by atoms with van der Waals surface area (Å²) >= 11 is 0. The van der Waals surface area contributed by atoms with Crippen LogP contribution < -0.4 is 16.0 Å². The third kappa shape index (κ3) is 12.1. The van der Waals surface area contributed by atoms with Gasteiger partial charge in [-0.05, 0) is 36.5 Å². The molecule has 0 aliphatic rings. The molecule has 0 spiro atoms. The zero-order chi connectivity index (χ0) is 26.2. The minimum atomic E-state index is -0.763. The molecule has 0 aromatic heterocycles. The molecule has 0 heterocycles. The Balaban J connectivity index is 2.35. The Morgan fingerprint density at radius 3 is 2.29 bits per heavy atom. The summed E-state index contributed by atoms with van der Waals surface area (Å²) in [6.07, 6.45) is 3.51. The Morgan fingerprint density at radius 1 is 1.00 bits per heavy atom. The van der Waals surface area contributed by atoms with E-state index in [0.29, 0.717) is 18.7 Å². The van der Waals surface area contributed by atoms with E-state index in [1.807, 2.05) is 13.8 Å². The van der Waals surface area contributed by atoms with Gasteiger partial charge in [0.1, 0.15) is 12.3 Å². The molecular formula is C25H38N4O6. The van der Waals surface area contributed by atoms with Crippen molar-refractivity contribution in [2.24, 2.45) is 5.92 Å². The first kappa shape index (κ1) is 29.8. The molecular weight excluding hydrogens is 452 g/mol. The van der Waals surface area contributed by atoms with Crippen molar-refractivity contribution in [1.82, 2.24) is 15.5 Å². The van der Waals surface area contributed by atoms with Gasteiger partial charge in [-0.25, -0.2) is 0 Å². The van der Waals surface area contributed by atoms with Crippen molar-refractivity contribution in [2.45, 2.75) is 65.0 Å². The van der Waals surface area contributed by atoms with E-state index in [0.717, 1.165) is 24.7 Å². The number of anilines is 1. The van der Waals surface area contributed by atoms with Crippen LogP contribution in [-0.2, 0) is 30.6 Å². The van der Waals surface area contributed by atoms with Crippen LogP contribution in [0.3, 0.4) is 0 Å². The van der Waals surface area contributed by atoms with Gasteiger partial charge >= 0.3 is 0 Å². The van der Waals surface area contributed by atoms with Crippen molar-refractivity contribution >= 4 is 35.6 Å². The van der Waals surface area contributed by atoms with Crippen molar-refractivity contribution < 1.29 is 29.1 Å². The van der Waals surface area contributed by atoms with E-state index < -0.39 is 17.9 Å². The van der Waals surface area contributed by atoms with Gasteiger partial charge in [0.15, 0.2) is 0 Å². The van der Waals surface area contributed by atoms with Crippen molar-refractivity contribution in [3.63, 3.8) is 0 Å². The first-order valence-electron chi connectivity index (χ1n) is 11.9. The number of unbranched alkanes of at least 4 members (excludes halogenated alkanes) is 2. The zero-order valence-corrected chi connectivity index (χ0v) is 20.8. The van der Waals surface area contributed by atoms with Crippen molar-refractivity contribution in [2.75, 3.05) is 25.5 Å². The zero-order valence-electron chi connectivity index (χ0n) is 20.8. The van der Waals surface area contributed by atoms with Gasteiger partial charge in [0.2, 0.25) is 23.6 Å². The molecule has 0 saturated heterocycles. The molecule has 1 aromatic rings. The second kappa shape index (κ2) is 16.4. The molecule has 4 amide bonds. The first-order chi connectivity index (χ1) is 16.7. The van der Waals surface area contributed by atoms with E-state index in [4.69, 9.17) is 5.11 Å². The van der Waals surface area contributed by atoms with Crippen LogP contribution in [0.15, 0.2) is 24.3 Å². The third-order valence-electron chi connectivity index (χ3n) is 5.41. The number of carbonyl (C=O) groups excluding carboxylic acids is 5. The summed E-state index contributed by atoms with van der Waals surface area (Å²) in [6.45, 7) is 3.85. The minimum Gasteiger partial charge on any atom is -0.392 e. The SMILES string of the molecule is CC(C)C(NC(=O)CCCCCN(C)C(=O)CCC=O)C(=O)NCC(=O)Nc1ccc(CO)cc1. The highest BCUT2D eigenvalue weighted by molar-refractivity contribution is 5.96. The van der Waals surface area contributed by atoms with E-state index in [9.17, 15) is 24.0 Å². The summed E-state index contributed by atoms with van der Waals surface area (Å²) in [5, 5.41) is 17.0. The van der Waals surface area contributed by atoms with Gasteiger partial charge in [-0.15, -0.1) is 0 Å². The van der Waals surface area contributed by atoms with Gasteiger partial charge in [0.05, 0.1) is 13.2 Å². The number of amides is 4. The Labute approximate surface area is 206 Å². The van der Waals surface area contributed by atoms with Crippen LogP contribution >= 0.6 is 0 Å². The summed E-state index contributed by atoms with van der Waals surface area (Å²) in [4.78, 5) is 60.7. The number of benzene rings is 1. The number of aliphatic hydroxyl groups is 1. The molecule has 0 radical (unpaired) electrons. The van der Waals surface area contributed by atoms with Gasteiger partial charge in [0, 0.05) is 38.5 Å². The van der Waals surface area contributed by atoms with Gasteiger partial charge in [-0.3, -0.25) is 19.2 Å². The molecule has 1 atom stereocenters.